The summed E-state index contributed by atoms with van der Waals surface area (Å²) in [7, 11) is 0. The number of urea groups is 1. The number of aryl methyl sites for hydroxylation is 1. The maximum Gasteiger partial charge on any atom is 0.319 e. The van der Waals surface area contributed by atoms with Gasteiger partial charge in [-0.05, 0) is 62.8 Å². The number of ether oxygens (including phenoxy) is 1. The molecule has 0 unspecified atom stereocenters. The Labute approximate surface area is 138 Å². The average Bonchev–Trinajstić information content (AvgIpc) is 2.52. The van der Waals surface area contributed by atoms with E-state index in [0.717, 1.165) is 62.1 Å². The van der Waals surface area contributed by atoms with E-state index >= 15 is 0 Å². The third-order valence-electron chi connectivity index (χ3n) is 4.24. The normalized spacial score (nSPS) is 20.8. The molecule has 1 aliphatic rings. The van der Waals surface area contributed by atoms with E-state index in [2.05, 4.69) is 17.6 Å². The second kappa shape index (κ2) is 8.77. The summed E-state index contributed by atoms with van der Waals surface area (Å²) in [6, 6.07) is 5.67. The fourth-order valence-electron chi connectivity index (χ4n) is 2.76. The van der Waals surface area contributed by atoms with Crippen molar-refractivity contribution in [2.24, 2.45) is 0 Å². The predicted molar refractivity (Wildman–Crippen MR) is 92.0 cm³/mol. The van der Waals surface area contributed by atoms with E-state index < -0.39 is 0 Å². The average molecular weight is 320 g/mol. The summed E-state index contributed by atoms with van der Waals surface area (Å²) in [5, 5.41) is 15.4. The van der Waals surface area contributed by atoms with Crippen molar-refractivity contribution in [1.82, 2.24) is 5.32 Å². The Hall–Kier alpha value is -1.75. The lowest BCUT2D eigenvalue weighted by atomic mass is 9.93. The smallest absolute Gasteiger partial charge is 0.319 e. The number of aliphatic hydroxyl groups is 1. The van der Waals surface area contributed by atoms with Crippen LogP contribution < -0.4 is 15.4 Å². The maximum atomic E-state index is 12.1. The third-order valence-corrected chi connectivity index (χ3v) is 4.24. The number of unbranched alkanes of at least 4 members (excludes halogenated alkanes) is 1. The largest absolute Gasteiger partial charge is 0.494 e. The van der Waals surface area contributed by atoms with E-state index in [-0.39, 0.29) is 18.2 Å². The van der Waals surface area contributed by atoms with Gasteiger partial charge < -0.3 is 20.5 Å². The van der Waals surface area contributed by atoms with E-state index in [1.54, 1.807) is 0 Å². The monoisotopic (exact) mass is 320 g/mol. The Morgan fingerprint density at radius 1 is 1.30 bits per heavy atom. The molecule has 0 radical (unpaired) electrons. The summed E-state index contributed by atoms with van der Waals surface area (Å²) in [5.41, 5.74) is 1.77. The van der Waals surface area contributed by atoms with Crippen LogP contribution in [0.15, 0.2) is 18.2 Å². The highest BCUT2D eigenvalue weighted by Gasteiger charge is 2.20. The minimum atomic E-state index is -0.210. The lowest BCUT2D eigenvalue weighted by Gasteiger charge is -2.26. The van der Waals surface area contributed by atoms with Gasteiger partial charge in [-0.3, -0.25) is 0 Å². The van der Waals surface area contributed by atoms with Gasteiger partial charge in [0.05, 0.1) is 12.7 Å². The highest BCUT2D eigenvalue weighted by molar-refractivity contribution is 5.90. The van der Waals surface area contributed by atoms with Crippen LogP contribution in [-0.4, -0.2) is 29.9 Å². The van der Waals surface area contributed by atoms with Crippen molar-refractivity contribution in [3.8, 4) is 5.75 Å². The Bertz CT molecular complexity index is 511. The van der Waals surface area contributed by atoms with Crippen molar-refractivity contribution in [3.05, 3.63) is 23.8 Å². The molecule has 0 saturated heterocycles. The van der Waals surface area contributed by atoms with Gasteiger partial charge in [-0.1, -0.05) is 13.3 Å². The molecule has 0 spiro atoms. The molecule has 0 aliphatic heterocycles. The first-order chi connectivity index (χ1) is 11.1. The molecule has 1 aromatic carbocycles. The number of hydrogen-bond donors (Lipinski definition) is 3. The third kappa shape index (κ3) is 5.75. The van der Waals surface area contributed by atoms with Gasteiger partial charge in [0, 0.05) is 11.7 Å². The number of rotatable bonds is 6. The highest BCUT2D eigenvalue weighted by atomic mass is 16.5. The van der Waals surface area contributed by atoms with Gasteiger partial charge in [-0.25, -0.2) is 4.79 Å². The molecule has 1 aliphatic carbocycles. The lowest BCUT2D eigenvalue weighted by molar-refractivity contribution is 0.118. The Kier molecular flexibility index (Phi) is 6.71. The van der Waals surface area contributed by atoms with E-state index in [1.807, 2.05) is 25.1 Å². The fraction of sp³-hybridized carbons (Fsp3) is 0.611. The van der Waals surface area contributed by atoms with Gasteiger partial charge in [-0.2, -0.15) is 0 Å². The summed E-state index contributed by atoms with van der Waals surface area (Å²) in [6.07, 6.45) is 5.12. The molecule has 23 heavy (non-hydrogen) atoms. The second-order valence-electron chi connectivity index (χ2n) is 6.28. The number of amides is 2. The molecule has 0 heterocycles. The number of carbonyl (C=O) groups excluding carboxylic acids is 1. The van der Waals surface area contributed by atoms with Crippen molar-refractivity contribution in [3.63, 3.8) is 0 Å². The van der Waals surface area contributed by atoms with E-state index in [1.165, 1.54) is 0 Å². The van der Waals surface area contributed by atoms with E-state index in [4.69, 9.17) is 4.74 Å². The zero-order valence-electron chi connectivity index (χ0n) is 14.1. The zero-order chi connectivity index (χ0) is 16.7. The van der Waals surface area contributed by atoms with Gasteiger partial charge in [0.2, 0.25) is 0 Å². The van der Waals surface area contributed by atoms with Crippen LogP contribution in [0.25, 0.3) is 0 Å². The van der Waals surface area contributed by atoms with Gasteiger partial charge in [0.1, 0.15) is 5.75 Å². The molecular formula is C18H28N2O3. The molecule has 128 valence electrons. The van der Waals surface area contributed by atoms with Crippen molar-refractivity contribution < 1.29 is 14.6 Å². The Balaban J connectivity index is 1.83. The number of nitrogens with one attached hydrogen (secondary N) is 2. The SMILES string of the molecule is CCCCOc1ccc(NC(=O)NC2CCC(O)CC2)c(C)c1. The number of aliphatic hydroxyl groups excluding tert-OH is 1. The van der Waals surface area contributed by atoms with Crippen molar-refractivity contribution in [1.29, 1.82) is 0 Å². The van der Waals surface area contributed by atoms with Crippen LogP contribution in [0.3, 0.4) is 0 Å². The maximum absolute atomic E-state index is 12.1. The van der Waals surface area contributed by atoms with Gasteiger partial charge in [0.15, 0.2) is 0 Å². The second-order valence-corrected chi connectivity index (χ2v) is 6.28. The number of benzene rings is 1. The van der Waals surface area contributed by atoms with Crippen LogP contribution >= 0.6 is 0 Å². The van der Waals surface area contributed by atoms with Crippen molar-refractivity contribution >= 4 is 11.7 Å². The molecule has 0 aromatic heterocycles. The number of carbonyl (C=O) groups is 1. The molecule has 5 nitrogen and oxygen atoms in total. The van der Waals surface area contributed by atoms with E-state index in [0.29, 0.717) is 0 Å². The molecule has 0 atom stereocenters. The molecule has 1 fully saturated rings. The van der Waals surface area contributed by atoms with Crippen LogP contribution in [-0.2, 0) is 0 Å². The van der Waals surface area contributed by atoms with Gasteiger partial charge in [-0.15, -0.1) is 0 Å². The number of hydrogen-bond acceptors (Lipinski definition) is 3. The molecule has 5 heteroatoms. The summed E-state index contributed by atoms with van der Waals surface area (Å²) in [6.45, 7) is 4.81. The van der Waals surface area contributed by atoms with Crippen LogP contribution in [0.4, 0.5) is 10.5 Å². The first-order valence-corrected chi connectivity index (χ1v) is 8.57. The lowest BCUT2D eigenvalue weighted by Crippen LogP contribution is -2.41. The number of anilines is 1. The molecule has 3 N–H and O–H groups in total. The standard InChI is InChI=1S/C18H28N2O3/c1-3-4-11-23-16-9-10-17(13(2)12-16)20-18(22)19-14-5-7-15(21)8-6-14/h9-10,12,14-15,21H,3-8,11H2,1-2H3,(H2,19,20,22). The van der Waals surface area contributed by atoms with Gasteiger partial charge in [0.25, 0.3) is 0 Å². The molecule has 2 amide bonds. The van der Waals surface area contributed by atoms with Crippen molar-refractivity contribution in [2.75, 3.05) is 11.9 Å². The minimum absolute atomic E-state index is 0.148. The van der Waals surface area contributed by atoms with Crippen LogP contribution in [0, 0.1) is 6.92 Å². The molecular weight excluding hydrogens is 292 g/mol. The quantitative estimate of drug-likeness (QED) is 0.701. The van der Waals surface area contributed by atoms with Crippen LogP contribution in [0.1, 0.15) is 51.0 Å². The molecule has 0 bridgehead atoms. The molecule has 2 rings (SSSR count). The predicted octanol–water partition coefficient (Wildman–Crippen LogP) is 3.60. The Morgan fingerprint density at radius 3 is 2.70 bits per heavy atom. The van der Waals surface area contributed by atoms with Crippen LogP contribution in [0.2, 0.25) is 0 Å². The van der Waals surface area contributed by atoms with Crippen LogP contribution in [0.5, 0.6) is 5.75 Å². The first-order valence-electron chi connectivity index (χ1n) is 8.57. The van der Waals surface area contributed by atoms with Gasteiger partial charge >= 0.3 is 6.03 Å². The topological polar surface area (TPSA) is 70.6 Å². The molecule has 1 saturated carbocycles. The first kappa shape index (κ1) is 17.6. The fourth-order valence-corrected chi connectivity index (χ4v) is 2.76. The Morgan fingerprint density at radius 2 is 2.04 bits per heavy atom. The highest BCUT2D eigenvalue weighted by Crippen LogP contribution is 2.22. The summed E-state index contributed by atoms with van der Waals surface area (Å²) >= 11 is 0. The van der Waals surface area contributed by atoms with E-state index in [9.17, 15) is 9.90 Å². The summed E-state index contributed by atoms with van der Waals surface area (Å²) < 4.78 is 5.67. The zero-order valence-corrected chi connectivity index (χ0v) is 14.1. The summed E-state index contributed by atoms with van der Waals surface area (Å²) in [5.74, 6) is 0.836. The summed E-state index contributed by atoms with van der Waals surface area (Å²) in [4.78, 5) is 12.1. The molecule has 1 aromatic rings. The minimum Gasteiger partial charge on any atom is -0.494 e. The van der Waals surface area contributed by atoms with Crippen molar-refractivity contribution in [2.45, 2.75) is 64.5 Å².